The van der Waals surface area contributed by atoms with Gasteiger partial charge in [-0.05, 0) is 59.7 Å². The van der Waals surface area contributed by atoms with E-state index in [1.54, 1.807) is 23.6 Å². The van der Waals surface area contributed by atoms with Crippen LogP contribution in [-0.4, -0.2) is 15.0 Å². The number of carbonyl (C=O) groups excluding carboxylic acids is 1. The Hall–Kier alpha value is -3.52. The molecule has 164 valence electrons. The molecule has 2 aromatic heterocycles. The molecule has 0 bridgehead atoms. The maximum absolute atomic E-state index is 13.2. The van der Waals surface area contributed by atoms with Crippen LogP contribution in [0.25, 0.3) is 10.2 Å². The summed E-state index contributed by atoms with van der Waals surface area (Å²) >= 11 is 1.25. The number of aryl methyl sites for hydroxylation is 2. The second-order valence-electron chi connectivity index (χ2n) is 7.72. The zero-order chi connectivity index (χ0) is 22.8. The molecule has 0 aliphatic rings. The largest absolute Gasteiger partial charge is 0.350 e. The highest BCUT2D eigenvalue weighted by Crippen LogP contribution is 2.16. The third kappa shape index (κ3) is 4.40. The van der Waals surface area contributed by atoms with Crippen LogP contribution in [0.3, 0.4) is 0 Å². The summed E-state index contributed by atoms with van der Waals surface area (Å²) < 4.78 is 16.0. The SMILES string of the molecule is Cc1ccc(Cn2c(=O)c3sccc3n(CC(=O)NCc3ccc(F)cc3)c2=O)cc1C. The van der Waals surface area contributed by atoms with Gasteiger partial charge in [0.2, 0.25) is 5.91 Å². The van der Waals surface area contributed by atoms with E-state index in [0.717, 1.165) is 22.3 Å². The van der Waals surface area contributed by atoms with Gasteiger partial charge >= 0.3 is 5.69 Å². The lowest BCUT2D eigenvalue weighted by Gasteiger charge is -2.13. The topological polar surface area (TPSA) is 73.1 Å². The quantitative estimate of drug-likeness (QED) is 0.489. The Balaban J connectivity index is 1.63. The van der Waals surface area contributed by atoms with Gasteiger partial charge in [-0.2, -0.15) is 0 Å². The maximum atomic E-state index is 13.2. The molecule has 0 fully saturated rings. The molecule has 2 aromatic carbocycles. The molecule has 8 heteroatoms. The summed E-state index contributed by atoms with van der Waals surface area (Å²) in [6.45, 7) is 4.10. The van der Waals surface area contributed by atoms with E-state index in [2.05, 4.69) is 5.32 Å². The molecule has 1 N–H and O–H groups in total. The smallest absolute Gasteiger partial charge is 0.332 e. The molecule has 0 radical (unpaired) electrons. The molecule has 0 aliphatic heterocycles. The van der Waals surface area contributed by atoms with Crippen molar-refractivity contribution in [1.29, 1.82) is 0 Å². The molecule has 6 nitrogen and oxygen atoms in total. The number of carbonyl (C=O) groups is 1. The summed E-state index contributed by atoms with van der Waals surface area (Å²) in [7, 11) is 0. The molecule has 0 unspecified atom stereocenters. The summed E-state index contributed by atoms with van der Waals surface area (Å²) in [5.74, 6) is -0.724. The lowest BCUT2D eigenvalue weighted by molar-refractivity contribution is -0.121. The van der Waals surface area contributed by atoms with Gasteiger partial charge in [0.25, 0.3) is 5.56 Å². The van der Waals surface area contributed by atoms with Gasteiger partial charge in [0, 0.05) is 6.54 Å². The minimum Gasteiger partial charge on any atom is -0.350 e. The number of thiophene rings is 1. The molecule has 4 rings (SSSR count). The zero-order valence-corrected chi connectivity index (χ0v) is 18.5. The van der Waals surface area contributed by atoms with Crippen molar-refractivity contribution in [3.05, 3.63) is 103 Å². The molecule has 32 heavy (non-hydrogen) atoms. The van der Waals surface area contributed by atoms with Crippen LogP contribution in [0.5, 0.6) is 0 Å². The standard InChI is InChI=1S/C24H22FN3O3S/c1-15-3-4-18(11-16(15)2)13-28-23(30)22-20(9-10-32-22)27(24(28)31)14-21(29)26-12-17-5-7-19(25)8-6-17/h3-11H,12-14H2,1-2H3,(H,26,29). The number of rotatable bonds is 6. The number of hydrogen-bond donors (Lipinski definition) is 1. The molecule has 2 heterocycles. The first-order valence-electron chi connectivity index (χ1n) is 10.1. The normalized spacial score (nSPS) is 11.1. The Bertz CT molecular complexity index is 1420. The Labute approximate surface area is 187 Å². The molecule has 4 aromatic rings. The summed E-state index contributed by atoms with van der Waals surface area (Å²) in [4.78, 5) is 38.8. The lowest BCUT2D eigenvalue weighted by Crippen LogP contribution is -2.42. The molecule has 0 spiro atoms. The fraction of sp³-hybridized carbons (Fsp3) is 0.208. The van der Waals surface area contributed by atoms with E-state index in [1.165, 1.54) is 32.6 Å². The number of halogens is 1. The number of hydrogen-bond acceptors (Lipinski definition) is 4. The van der Waals surface area contributed by atoms with Gasteiger partial charge in [-0.1, -0.05) is 30.3 Å². The van der Waals surface area contributed by atoms with Gasteiger partial charge in [0.05, 0.1) is 12.1 Å². The van der Waals surface area contributed by atoms with Crippen molar-refractivity contribution >= 4 is 27.5 Å². The van der Waals surface area contributed by atoms with Crippen LogP contribution >= 0.6 is 11.3 Å². The van der Waals surface area contributed by atoms with Gasteiger partial charge in [-0.15, -0.1) is 11.3 Å². The van der Waals surface area contributed by atoms with Crippen molar-refractivity contribution in [1.82, 2.24) is 14.5 Å². The number of nitrogens with one attached hydrogen (secondary N) is 1. The summed E-state index contributed by atoms with van der Waals surface area (Å²) in [5.41, 5.74) is 3.34. The van der Waals surface area contributed by atoms with Crippen LogP contribution in [0.2, 0.25) is 0 Å². The molecular weight excluding hydrogens is 429 g/mol. The van der Waals surface area contributed by atoms with E-state index in [4.69, 9.17) is 0 Å². The van der Waals surface area contributed by atoms with Crippen LogP contribution in [0.15, 0.2) is 63.5 Å². The van der Waals surface area contributed by atoms with E-state index in [9.17, 15) is 18.8 Å². The van der Waals surface area contributed by atoms with E-state index in [-0.39, 0.29) is 36.9 Å². The fourth-order valence-corrected chi connectivity index (χ4v) is 4.36. The first-order chi connectivity index (χ1) is 15.3. The van der Waals surface area contributed by atoms with Crippen molar-refractivity contribution in [2.75, 3.05) is 0 Å². The Kier molecular flexibility index (Phi) is 6.05. The second-order valence-corrected chi connectivity index (χ2v) is 8.63. The second kappa shape index (κ2) is 8.92. The van der Waals surface area contributed by atoms with Gasteiger partial charge < -0.3 is 5.32 Å². The number of benzene rings is 2. The number of aromatic nitrogens is 2. The third-order valence-corrected chi connectivity index (χ3v) is 6.34. The Morgan fingerprint density at radius 3 is 2.41 bits per heavy atom. The highest BCUT2D eigenvalue weighted by Gasteiger charge is 2.17. The van der Waals surface area contributed by atoms with Gasteiger partial charge in [-0.25, -0.2) is 9.18 Å². The van der Waals surface area contributed by atoms with Crippen molar-refractivity contribution < 1.29 is 9.18 Å². The van der Waals surface area contributed by atoms with Crippen LogP contribution in [0, 0.1) is 19.7 Å². The molecule has 0 saturated carbocycles. The Morgan fingerprint density at radius 2 is 1.69 bits per heavy atom. The molecule has 0 atom stereocenters. The molecule has 0 aliphatic carbocycles. The van der Waals surface area contributed by atoms with Gasteiger partial charge in [-0.3, -0.25) is 18.7 Å². The Morgan fingerprint density at radius 1 is 0.969 bits per heavy atom. The summed E-state index contributed by atoms with van der Waals surface area (Å²) in [6.07, 6.45) is 0. The fourth-order valence-electron chi connectivity index (χ4n) is 3.51. The number of amides is 1. The minimum atomic E-state index is -0.531. The van der Waals surface area contributed by atoms with Crippen molar-refractivity contribution in [3.8, 4) is 0 Å². The van der Waals surface area contributed by atoms with Crippen LogP contribution < -0.4 is 16.6 Å². The number of nitrogens with zero attached hydrogens (tertiary/aromatic N) is 2. The maximum Gasteiger partial charge on any atom is 0.332 e. The molecular formula is C24H22FN3O3S. The monoisotopic (exact) mass is 451 g/mol. The van der Waals surface area contributed by atoms with Gasteiger partial charge in [0.1, 0.15) is 17.1 Å². The third-order valence-electron chi connectivity index (χ3n) is 5.45. The van der Waals surface area contributed by atoms with E-state index >= 15 is 0 Å². The zero-order valence-electron chi connectivity index (χ0n) is 17.7. The highest BCUT2D eigenvalue weighted by molar-refractivity contribution is 7.17. The van der Waals surface area contributed by atoms with Crippen LogP contribution in [0.4, 0.5) is 4.39 Å². The highest BCUT2D eigenvalue weighted by atomic mass is 32.1. The lowest BCUT2D eigenvalue weighted by atomic mass is 10.1. The molecule has 1 amide bonds. The summed E-state index contributed by atoms with van der Waals surface area (Å²) in [6, 6.07) is 13.3. The van der Waals surface area contributed by atoms with Crippen LogP contribution in [0.1, 0.15) is 22.3 Å². The van der Waals surface area contributed by atoms with E-state index in [1.807, 2.05) is 32.0 Å². The number of fused-ring (bicyclic) bond motifs is 1. The average Bonchev–Trinajstić information content (AvgIpc) is 3.26. The van der Waals surface area contributed by atoms with Gasteiger partial charge in [0.15, 0.2) is 0 Å². The average molecular weight is 452 g/mol. The van der Waals surface area contributed by atoms with Crippen molar-refractivity contribution in [3.63, 3.8) is 0 Å². The minimum absolute atomic E-state index is 0.129. The van der Waals surface area contributed by atoms with E-state index < -0.39 is 5.69 Å². The van der Waals surface area contributed by atoms with Crippen molar-refractivity contribution in [2.24, 2.45) is 0 Å². The predicted octanol–water partition coefficient (Wildman–Crippen LogP) is 3.35. The van der Waals surface area contributed by atoms with Crippen LogP contribution in [-0.2, 0) is 24.4 Å². The van der Waals surface area contributed by atoms with Crippen molar-refractivity contribution in [2.45, 2.75) is 33.5 Å². The summed E-state index contributed by atoms with van der Waals surface area (Å²) in [5, 5.41) is 4.48. The molecule has 0 saturated heterocycles. The first-order valence-corrected chi connectivity index (χ1v) is 11.0. The first kappa shape index (κ1) is 21.7. The predicted molar refractivity (Wildman–Crippen MR) is 124 cm³/mol. The van der Waals surface area contributed by atoms with E-state index in [0.29, 0.717) is 10.2 Å².